The summed E-state index contributed by atoms with van der Waals surface area (Å²) >= 11 is 3.73. The zero-order chi connectivity index (χ0) is 20.9. The molecule has 1 rings (SSSR count). The van der Waals surface area contributed by atoms with Gasteiger partial charge in [0.15, 0.2) is 0 Å². The number of alkyl halides is 1. The monoisotopic (exact) mass is 453 g/mol. The average Bonchev–Trinajstić information content (AvgIpc) is 2.71. The molecule has 0 saturated carbocycles. The Balaban J connectivity index is 0.00000102. The van der Waals surface area contributed by atoms with Crippen LogP contribution in [-0.2, 0) is 9.53 Å². The minimum atomic E-state index is -0.273. The summed E-state index contributed by atoms with van der Waals surface area (Å²) in [7, 11) is 0. The number of esters is 1. The minimum Gasteiger partial charge on any atom is -0.462 e. The molecule has 0 fully saturated rings. The maximum atomic E-state index is 11.2. The number of rotatable bonds is 15. The van der Waals surface area contributed by atoms with Crippen molar-refractivity contribution in [1.82, 2.24) is 4.98 Å². The molecule has 1 aromatic heterocycles. The van der Waals surface area contributed by atoms with Crippen molar-refractivity contribution in [2.45, 2.75) is 95.7 Å². The Hall–Kier alpha value is -1.16. The van der Waals surface area contributed by atoms with Crippen LogP contribution in [0, 0.1) is 0 Å². The van der Waals surface area contributed by atoms with E-state index < -0.39 is 0 Å². The number of ether oxygens (including phenoxy) is 1. The van der Waals surface area contributed by atoms with E-state index in [0.29, 0.717) is 17.0 Å². The van der Waals surface area contributed by atoms with Gasteiger partial charge in [0.25, 0.3) is 0 Å². The summed E-state index contributed by atoms with van der Waals surface area (Å²) in [5.74, 6) is -0.273. The van der Waals surface area contributed by atoms with E-state index in [4.69, 9.17) is 4.74 Å². The third-order valence-electron chi connectivity index (χ3n) is 4.43. The van der Waals surface area contributed by atoms with Crippen molar-refractivity contribution in [1.29, 1.82) is 0 Å². The molecule has 0 aliphatic carbocycles. The van der Waals surface area contributed by atoms with Gasteiger partial charge in [-0.25, -0.2) is 4.79 Å². The number of pyridine rings is 1. The molecule has 0 spiro atoms. The second-order valence-electron chi connectivity index (χ2n) is 7.30. The normalized spacial score (nSPS) is 11.2. The SMILES string of the molecule is C=C(C)C(=O)OCCCC(Br)CCCCCCCCCCC.c1ccncc1. The standard InChI is InChI=1S/C19H35BrO2.C5H5N/c1-4-5-6-7-8-9-10-11-12-14-18(20)15-13-16-22-19(21)17(2)3;1-2-4-6-5-3-1/h18H,2,4-16H2,1,3H3;1-5H. The van der Waals surface area contributed by atoms with Crippen LogP contribution >= 0.6 is 15.9 Å². The molecule has 1 unspecified atom stereocenters. The van der Waals surface area contributed by atoms with Gasteiger partial charge in [-0.05, 0) is 38.3 Å². The van der Waals surface area contributed by atoms with Crippen molar-refractivity contribution in [3.63, 3.8) is 0 Å². The van der Waals surface area contributed by atoms with E-state index in [1.54, 1.807) is 19.3 Å². The van der Waals surface area contributed by atoms with Crippen LogP contribution in [0.25, 0.3) is 0 Å². The van der Waals surface area contributed by atoms with Gasteiger partial charge in [-0.15, -0.1) is 0 Å². The number of carbonyl (C=O) groups excluding carboxylic acids is 1. The van der Waals surface area contributed by atoms with Gasteiger partial charge < -0.3 is 4.74 Å². The predicted octanol–water partition coefficient (Wildman–Crippen LogP) is 7.65. The summed E-state index contributed by atoms with van der Waals surface area (Å²) in [5, 5.41) is 0. The van der Waals surface area contributed by atoms with Crippen molar-refractivity contribution in [3.8, 4) is 0 Å². The molecule has 0 radical (unpaired) electrons. The van der Waals surface area contributed by atoms with E-state index in [2.05, 4.69) is 34.4 Å². The fraction of sp³-hybridized carbons (Fsp3) is 0.667. The van der Waals surface area contributed by atoms with E-state index in [0.717, 1.165) is 12.8 Å². The Morgan fingerprint density at radius 2 is 1.46 bits per heavy atom. The van der Waals surface area contributed by atoms with Crippen LogP contribution in [-0.4, -0.2) is 22.4 Å². The van der Waals surface area contributed by atoms with E-state index >= 15 is 0 Å². The first-order valence-corrected chi connectivity index (χ1v) is 11.8. The summed E-state index contributed by atoms with van der Waals surface area (Å²) in [6.07, 6.45) is 19.1. The predicted molar refractivity (Wildman–Crippen MR) is 124 cm³/mol. The molecule has 160 valence electrons. The van der Waals surface area contributed by atoms with Gasteiger partial charge in [0.1, 0.15) is 0 Å². The van der Waals surface area contributed by atoms with Crippen molar-refractivity contribution in [2.75, 3.05) is 6.61 Å². The summed E-state index contributed by atoms with van der Waals surface area (Å²) in [4.78, 5) is 15.6. The highest BCUT2D eigenvalue weighted by atomic mass is 79.9. The molecule has 0 saturated heterocycles. The number of hydrogen-bond acceptors (Lipinski definition) is 3. The van der Waals surface area contributed by atoms with E-state index in [1.807, 2.05) is 18.2 Å². The number of nitrogens with zero attached hydrogens (tertiary/aromatic N) is 1. The maximum absolute atomic E-state index is 11.2. The summed E-state index contributed by atoms with van der Waals surface area (Å²) < 4.78 is 5.09. The fourth-order valence-electron chi connectivity index (χ4n) is 2.73. The second-order valence-corrected chi connectivity index (χ2v) is 8.59. The quantitative estimate of drug-likeness (QED) is 0.118. The van der Waals surface area contributed by atoms with Crippen LogP contribution in [0.1, 0.15) is 90.9 Å². The Labute approximate surface area is 181 Å². The number of unbranched alkanes of at least 4 members (excludes halogenated alkanes) is 8. The van der Waals surface area contributed by atoms with Gasteiger partial charge in [0, 0.05) is 22.8 Å². The van der Waals surface area contributed by atoms with Crippen molar-refractivity contribution >= 4 is 21.9 Å². The molecule has 1 atom stereocenters. The molecule has 0 aromatic carbocycles. The number of carbonyl (C=O) groups is 1. The Morgan fingerprint density at radius 3 is 1.93 bits per heavy atom. The molecule has 0 aliphatic rings. The van der Waals surface area contributed by atoms with Crippen LogP contribution in [0.4, 0.5) is 0 Å². The highest BCUT2D eigenvalue weighted by molar-refractivity contribution is 9.09. The molecule has 1 aromatic rings. The molecule has 0 bridgehead atoms. The lowest BCUT2D eigenvalue weighted by atomic mass is 10.0. The Kier molecular flexibility index (Phi) is 19.7. The van der Waals surface area contributed by atoms with Crippen LogP contribution in [0.15, 0.2) is 42.7 Å². The first-order valence-electron chi connectivity index (χ1n) is 10.9. The highest BCUT2D eigenvalue weighted by Crippen LogP contribution is 2.18. The first-order chi connectivity index (χ1) is 13.6. The second kappa shape index (κ2) is 20.6. The van der Waals surface area contributed by atoms with E-state index in [-0.39, 0.29) is 5.97 Å². The molecular weight excluding hydrogens is 414 g/mol. The van der Waals surface area contributed by atoms with Crippen molar-refractivity contribution in [2.24, 2.45) is 0 Å². The molecule has 1 heterocycles. The molecule has 28 heavy (non-hydrogen) atoms. The van der Waals surface area contributed by atoms with Gasteiger partial charge >= 0.3 is 5.97 Å². The summed E-state index contributed by atoms with van der Waals surface area (Å²) in [5.41, 5.74) is 0.477. The van der Waals surface area contributed by atoms with Crippen molar-refractivity contribution < 1.29 is 9.53 Å². The average molecular weight is 454 g/mol. The molecule has 3 nitrogen and oxygen atoms in total. The maximum Gasteiger partial charge on any atom is 0.333 e. The lowest BCUT2D eigenvalue weighted by Gasteiger charge is -2.10. The molecule has 0 N–H and O–H groups in total. The summed E-state index contributed by atoms with van der Waals surface area (Å²) in [6.45, 7) is 8.02. The highest BCUT2D eigenvalue weighted by Gasteiger charge is 2.06. The van der Waals surface area contributed by atoms with Crippen LogP contribution < -0.4 is 0 Å². The smallest absolute Gasteiger partial charge is 0.333 e. The summed E-state index contributed by atoms with van der Waals surface area (Å²) in [6, 6.07) is 5.72. The van der Waals surface area contributed by atoms with Gasteiger partial charge in [-0.1, -0.05) is 93.3 Å². The van der Waals surface area contributed by atoms with Gasteiger partial charge in [-0.2, -0.15) is 0 Å². The molecule has 4 heteroatoms. The third-order valence-corrected chi connectivity index (χ3v) is 5.35. The Bertz CT molecular complexity index is 452. The lowest BCUT2D eigenvalue weighted by Crippen LogP contribution is -2.08. The zero-order valence-corrected chi connectivity index (χ0v) is 19.6. The topological polar surface area (TPSA) is 39.2 Å². The largest absolute Gasteiger partial charge is 0.462 e. The molecule has 0 aliphatic heterocycles. The van der Waals surface area contributed by atoms with Crippen molar-refractivity contribution in [3.05, 3.63) is 42.7 Å². The van der Waals surface area contributed by atoms with Gasteiger partial charge in [-0.3, -0.25) is 4.98 Å². The van der Waals surface area contributed by atoms with Crippen LogP contribution in [0.3, 0.4) is 0 Å². The fourth-order valence-corrected chi connectivity index (χ4v) is 3.37. The third kappa shape index (κ3) is 19.6. The molecular formula is C24H40BrNO2. The minimum absolute atomic E-state index is 0.273. The van der Waals surface area contributed by atoms with Gasteiger partial charge in [0.05, 0.1) is 6.61 Å². The van der Waals surface area contributed by atoms with E-state index in [9.17, 15) is 4.79 Å². The van der Waals surface area contributed by atoms with Crippen LogP contribution in [0.5, 0.6) is 0 Å². The first kappa shape index (κ1) is 26.8. The zero-order valence-electron chi connectivity index (χ0n) is 18.0. The number of hydrogen-bond donors (Lipinski definition) is 0. The van der Waals surface area contributed by atoms with Crippen LogP contribution in [0.2, 0.25) is 0 Å². The number of halogens is 1. The number of aromatic nitrogens is 1. The Morgan fingerprint density at radius 1 is 0.929 bits per heavy atom. The lowest BCUT2D eigenvalue weighted by molar-refractivity contribution is -0.139. The van der Waals surface area contributed by atoms with E-state index in [1.165, 1.54) is 64.2 Å². The van der Waals surface area contributed by atoms with Gasteiger partial charge in [0.2, 0.25) is 0 Å². The molecule has 0 amide bonds.